The second kappa shape index (κ2) is 8.37. The summed E-state index contributed by atoms with van der Waals surface area (Å²) in [5.74, 6) is 0. The Morgan fingerprint density at radius 2 is 1.61 bits per heavy atom. The molecule has 0 aliphatic rings. The second-order valence-electron chi connectivity index (χ2n) is 6.12. The number of carbonyl (C=O) groups is 1. The Morgan fingerprint density at radius 1 is 0.957 bits per heavy atom. The smallest absolute Gasteiger partial charge is 0.315 e. The Labute approximate surface area is 139 Å². The number of hydrogen-bond donors (Lipinski definition) is 2. The van der Waals surface area contributed by atoms with Crippen molar-refractivity contribution in [2.75, 3.05) is 0 Å². The maximum absolute atomic E-state index is 12.1. The molecular formula is C20H26N2O. The first kappa shape index (κ1) is 17.1. The lowest BCUT2D eigenvalue weighted by Crippen LogP contribution is -2.42. The molecule has 0 bridgehead atoms. The Kier molecular flexibility index (Phi) is 6.21. The van der Waals surface area contributed by atoms with Crippen LogP contribution in [-0.4, -0.2) is 12.1 Å². The fraction of sp³-hybridized carbons (Fsp3) is 0.350. The number of aryl methyl sites for hydroxylation is 2. The molecule has 0 fully saturated rings. The minimum Gasteiger partial charge on any atom is -0.336 e. The van der Waals surface area contributed by atoms with Gasteiger partial charge in [-0.05, 0) is 50.3 Å². The van der Waals surface area contributed by atoms with Gasteiger partial charge in [0.15, 0.2) is 0 Å². The molecule has 2 aromatic carbocycles. The highest BCUT2D eigenvalue weighted by atomic mass is 16.2. The number of benzene rings is 2. The Balaban J connectivity index is 1.79. The van der Waals surface area contributed by atoms with Crippen LogP contribution in [0.4, 0.5) is 4.79 Å². The van der Waals surface area contributed by atoms with Gasteiger partial charge in [0.05, 0.1) is 6.04 Å². The Morgan fingerprint density at radius 3 is 2.30 bits per heavy atom. The summed E-state index contributed by atoms with van der Waals surface area (Å²) in [6.07, 6.45) is 1.89. The summed E-state index contributed by atoms with van der Waals surface area (Å²) in [7, 11) is 0. The van der Waals surface area contributed by atoms with Crippen LogP contribution in [0, 0.1) is 6.92 Å². The lowest BCUT2D eigenvalue weighted by atomic mass is 10.0. The van der Waals surface area contributed by atoms with Gasteiger partial charge >= 0.3 is 6.03 Å². The van der Waals surface area contributed by atoms with E-state index in [0.29, 0.717) is 0 Å². The fourth-order valence-corrected chi connectivity index (χ4v) is 2.71. The van der Waals surface area contributed by atoms with Crippen LogP contribution >= 0.6 is 0 Å². The Bertz CT molecular complexity index is 625. The highest BCUT2D eigenvalue weighted by molar-refractivity contribution is 5.74. The van der Waals surface area contributed by atoms with Crippen LogP contribution < -0.4 is 10.6 Å². The van der Waals surface area contributed by atoms with Gasteiger partial charge in [-0.2, -0.15) is 0 Å². The molecular weight excluding hydrogens is 284 g/mol. The van der Waals surface area contributed by atoms with E-state index in [1.54, 1.807) is 0 Å². The SMILES string of the molecule is Cc1ccccc1[C@H](C)NC(=O)N[C@@H](C)CCc1ccccc1. The van der Waals surface area contributed by atoms with Gasteiger partial charge in [-0.3, -0.25) is 0 Å². The van der Waals surface area contributed by atoms with Gasteiger partial charge in [0, 0.05) is 6.04 Å². The highest BCUT2D eigenvalue weighted by Gasteiger charge is 2.13. The van der Waals surface area contributed by atoms with Crippen LogP contribution in [0.15, 0.2) is 54.6 Å². The second-order valence-corrected chi connectivity index (χ2v) is 6.12. The molecule has 122 valence electrons. The number of nitrogens with one attached hydrogen (secondary N) is 2. The van der Waals surface area contributed by atoms with Gasteiger partial charge in [0.1, 0.15) is 0 Å². The molecule has 0 aromatic heterocycles. The van der Waals surface area contributed by atoms with E-state index in [-0.39, 0.29) is 18.1 Å². The molecule has 0 saturated heterocycles. The van der Waals surface area contributed by atoms with Crippen LogP contribution in [0.25, 0.3) is 0 Å². The maximum Gasteiger partial charge on any atom is 0.315 e. The average molecular weight is 310 g/mol. The van der Waals surface area contributed by atoms with E-state index in [1.807, 2.05) is 44.2 Å². The standard InChI is InChI=1S/C20H26N2O/c1-15-9-7-8-12-19(15)17(3)22-20(23)21-16(2)13-14-18-10-5-4-6-11-18/h4-12,16-17H,13-14H2,1-3H3,(H2,21,22,23)/t16-,17-/m0/s1. The molecule has 2 amide bonds. The first-order valence-electron chi connectivity index (χ1n) is 8.22. The van der Waals surface area contributed by atoms with Gasteiger partial charge in [-0.25, -0.2) is 4.79 Å². The normalized spacial score (nSPS) is 13.2. The van der Waals surface area contributed by atoms with Crippen molar-refractivity contribution in [2.24, 2.45) is 0 Å². The van der Waals surface area contributed by atoms with Crippen molar-refractivity contribution in [2.45, 2.75) is 45.7 Å². The zero-order valence-corrected chi connectivity index (χ0v) is 14.2. The number of rotatable bonds is 6. The molecule has 23 heavy (non-hydrogen) atoms. The van der Waals surface area contributed by atoms with E-state index in [9.17, 15) is 4.79 Å². The van der Waals surface area contributed by atoms with E-state index in [0.717, 1.165) is 18.4 Å². The predicted molar refractivity (Wildman–Crippen MR) is 95.5 cm³/mol. The summed E-state index contributed by atoms with van der Waals surface area (Å²) in [6, 6.07) is 18.5. The quantitative estimate of drug-likeness (QED) is 0.817. The molecule has 2 atom stereocenters. The summed E-state index contributed by atoms with van der Waals surface area (Å²) >= 11 is 0. The van der Waals surface area contributed by atoms with Crippen molar-refractivity contribution in [3.05, 3.63) is 71.3 Å². The molecule has 0 saturated carbocycles. The van der Waals surface area contributed by atoms with E-state index in [1.165, 1.54) is 11.1 Å². The van der Waals surface area contributed by atoms with Crippen molar-refractivity contribution in [3.8, 4) is 0 Å². The van der Waals surface area contributed by atoms with Crippen LogP contribution in [0.2, 0.25) is 0 Å². The molecule has 3 nitrogen and oxygen atoms in total. The van der Waals surface area contributed by atoms with Crippen molar-refractivity contribution in [1.29, 1.82) is 0 Å². The van der Waals surface area contributed by atoms with E-state index >= 15 is 0 Å². The summed E-state index contributed by atoms with van der Waals surface area (Å²) in [4.78, 5) is 12.1. The molecule has 0 unspecified atom stereocenters. The predicted octanol–water partition coefficient (Wildman–Crippen LogP) is 4.38. The number of carbonyl (C=O) groups excluding carboxylic acids is 1. The first-order valence-corrected chi connectivity index (χ1v) is 8.22. The number of urea groups is 1. The topological polar surface area (TPSA) is 41.1 Å². The summed E-state index contributed by atoms with van der Waals surface area (Å²) in [6.45, 7) is 6.12. The van der Waals surface area contributed by atoms with Crippen LogP contribution in [0.3, 0.4) is 0 Å². The third kappa shape index (κ3) is 5.44. The summed E-state index contributed by atoms with van der Waals surface area (Å²) < 4.78 is 0. The Hall–Kier alpha value is -2.29. The van der Waals surface area contributed by atoms with Gasteiger partial charge in [-0.1, -0.05) is 54.6 Å². The van der Waals surface area contributed by atoms with Crippen LogP contribution in [0.5, 0.6) is 0 Å². The van der Waals surface area contributed by atoms with Crippen LogP contribution in [-0.2, 0) is 6.42 Å². The lowest BCUT2D eigenvalue weighted by molar-refractivity contribution is 0.234. The zero-order chi connectivity index (χ0) is 16.7. The molecule has 0 aliphatic heterocycles. The maximum atomic E-state index is 12.1. The molecule has 2 aromatic rings. The van der Waals surface area contributed by atoms with Crippen molar-refractivity contribution in [3.63, 3.8) is 0 Å². The highest BCUT2D eigenvalue weighted by Crippen LogP contribution is 2.16. The minimum absolute atomic E-state index is 0.00229. The van der Waals surface area contributed by atoms with E-state index in [4.69, 9.17) is 0 Å². The molecule has 2 rings (SSSR count). The third-order valence-electron chi connectivity index (χ3n) is 4.09. The molecule has 0 aliphatic carbocycles. The lowest BCUT2D eigenvalue weighted by Gasteiger charge is -2.19. The number of amides is 2. The van der Waals surface area contributed by atoms with Crippen molar-refractivity contribution >= 4 is 6.03 Å². The number of hydrogen-bond acceptors (Lipinski definition) is 1. The molecule has 0 heterocycles. The minimum atomic E-state index is -0.110. The van der Waals surface area contributed by atoms with Gasteiger partial charge in [0.2, 0.25) is 0 Å². The van der Waals surface area contributed by atoms with Gasteiger partial charge in [0.25, 0.3) is 0 Å². The fourth-order valence-electron chi connectivity index (χ4n) is 2.71. The molecule has 0 radical (unpaired) electrons. The molecule has 0 spiro atoms. The van der Waals surface area contributed by atoms with Crippen molar-refractivity contribution < 1.29 is 4.79 Å². The van der Waals surface area contributed by atoms with Crippen molar-refractivity contribution in [1.82, 2.24) is 10.6 Å². The monoisotopic (exact) mass is 310 g/mol. The molecule has 2 N–H and O–H groups in total. The summed E-state index contributed by atoms with van der Waals surface area (Å²) in [5, 5.41) is 6.04. The zero-order valence-electron chi connectivity index (χ0n) is 14.2. The van der Waals surface area contributed by atoms with Gasteiger partial charge in [-0.15, -0.1) is 0 Å². The largest absolute Gasteiger partial charge is 0.336 e. The first-order chi connectivity index (χ1) is 11.1. The van der Waals surface area contributed by atoms with E-state index in [2.05, 4.69) is 41.8 Å². The third-order valence-corrected chi connectivity index (χ3v) is 4.09. The average Bonchev–Trinajstić information content (AvgIpc) is 2.54. The molecule has 3 heteroatoms. The summed E-state index contributed by atoms with van der Waals surface area (Å²) in [5.41, 5.74) is 3.65. The van der Waals surface area contributed by atoms with Gasteiger partial charge < -0.3 is 10.6 Å². The van der Waals surface area contributed by atoms with Crippen LogP contribution in [0.1, 0.15) is 43.0 Å². The van der Waals surface area contributed by atoms with E-state index < -0.39 is 0 Å².